The van der Waals surface area contributed by atoms with Gasteiger partial charge in [0, 0.05) is 19.3 Å². The van der Waals surface area contributed by atoms with Gasteiger partial charge in [0.05, 0.1) is 0 Å². The first kappa shape index (κ1) is 11.4. The fourth-order valence-corrected chi connectivity index (χ4v) is 1.01. The Balaban J connectivity index is 3.83. The summed E-state index contributed by atoms with van der Waals surface area (Å²) in [5, 5.41) is 0. The zero-order valence-corrected chi connectivity index (χ0v) is 8.83. The fourth-order valence-electron chi connectivity index (χ4n) is 1.01. The first-order valence-corrected chi connectivity index (χ1v) is 4.32. The standard InChI is InChI=1S/C10H20N2/c1-9(8-12(4)5)6-7-10(2)11-3/h6-7,9H,8H2,1-5H3/b7-6-,11-10?. The van der Waals surface area contributed by atoms with E-state index in [-0.39, 0.29) is 0 Å². The molecular weight excluding hydrogens is 148 g/mol. The molecule has 0 spiro atoms. The Morgan fingerprint density at radius 3 is 2.50 bits per heavy atom. The van der Waals surface area contributed by atoms with E-state index in [2.05, 4.69) is 43.1 Å². The fraction of sp³-hybridized carbons (Fsp3) is 0.700. The lowest BCUT2D eigenvalue weighted by Crippen LogP contribution is -2.18. The predicted molar refractivity (Wildman–Crippen MR) is 55.9 cm³/mol. The zero-order valence-electron chi connectivity index (χ0n) is 8.83. The van der Waals surface area contributed by atoms with Gasteiger partial charge < -0.3 is 4.90 Å². The highest BCUT2D eigenvalue weighted by atomic mass is 15.0. The van der Waals surface area contributed by atoms with Crippen molar-refractivity contribution in [2.45, 2.75) is 13.8 Å². The van der Waals surface area contributed by atoms with Gasteiger partial charge in [-0.25, -0.2) is 0 Å². The Morgan fingerprint density at radius 1 is 1.50 bits per heavy atom. The molecule has 0 N–H and O–H groups in total. The summed E-state index contributed by atoms with van der Waals surface area (Å²) < 4.78 is 0. The summed E-state index contributed by atoms with van der Waals surface area (Å²) in [5.41, 5.74) is 1.08. The second-order valence-electron chi connectivity index (χ2n) is 3.46. The van der Waals surface area contributed by atoms with E-state index in [1.807, 2.05) is 14.0 Å². The van der Waals surface area contributed by atoms with Crippen LogP contribution < -0.4 is 0 Å². The molecular formula is C10H20N2. The number of allylic oxidation sites excluding steroid dienone is 1. The van der Waals surface area contributed by atoms with Crippen LogP contribution in [0.2, 0.25) is 0 Å². The van der Waals surface area contributed by atoms with Gasteiger partial charge >= 0.3 is 0 Å². The van der Waals surface area contributed by atoms with Gasteiger partial charge in [-0.15, -0.1) is 0 Å². The Hall–Kier alpha value is -0.630. The molecule has 0 amide bonds. The minimum Gasteiger partial charge on any atom is -0.309 e. The molecule has 1 atom stereocenters. The molecule has 1 unspecified atom stereocenters. The summed E-state index contributed by atoms with van der Waals surface area (Å²) in [6.45, 7) is 5.31. The van der Waals surface area contributed by atoms with Crippen molar-refractivity contribution in [2.24, 2.45) is 10.9 Å². The molecule has 0 radical (unpaired) electrons. The summed E-state index contributed by atoms with van der Waals surface area (Å²) in [7, 11) is 5.99. The zero-order chi connectivity index (χ0) is 9.56. The highest BCUT2D eigenvalue weighted by Crippen LogP contribution is 1.98. The van der Waals surface area contributed by atoms with Crippen LogP contribution in [0.1, 0.15) is 13.8 Å². The summed E-state index contributed by atoms with van der Waals surface area (Å²) in [4.78, 5) is 6.24. The van der Waals surface area contributed by atoms with Gasteiger partial charge in [0.1, 0.15) is 0 Å². The smallest absolute Gasteiger partial charge is 0.0310 e. The quantitative estimate of drug-likeness (QED) is 0.585. The number of hydrogen-bond donors (Lipinski definition) is 0. The average Bonchev–Trinajstić information content (AvgIpc) is 1.99. The first-order valence-electron chi connectivity index (χ1n) is 4.32. The number of nitrogens with zero attached hydrogens (tertiary/aromatic N) is 2. The Bertz CT molecular complexity index is 169. The van der Waals surface area contributed by atoms with E-state index in [4.69, 9.17) is 0 Å². The lowest BCUT2D eigenvalue weighted by molar-refractivity contribution is 0.371. The highest BCUT2D eigenvalue weighted by molar-refractivity contribution is 5.92. The Morgan fingerprint density at radius 2 is 2.08 bits per heavy atom. The van der Waals surface area contributed by atoms with Gasteiger partial charge in [0.2, 0.25) is 0 Å². The molecule has 0 aliphatic heterocycles. The Labute approximate surface area is 76.0 Å². The van der Waals surface area contributed by atoms with Crippen molar-refractivity contribution >= 4 is 5.71 Å². The second-order valence-corrected chi connectivity index (χ2v) is 3.46. The third kappa shape index (κ3) is 6.10. The molecule has 0 aliphatic rings. The van der Waals surface area contributed by atoms with Crippen molar-refractivity contribution in [1.82, 2.24) is 4.90 Å². The average molecular weight is 168 g/mol. The number of hydrogen-bond acceptors (Lipinski definition) is 2. The minimum atomic E-state index is 0.594. The normalized spacial score (nSPS) is 16.0. The summed E-state index contributed by atoms with van der Waals surface area (Å²) in [6, 6.07) is 0. The largest absolute Gasteiger partial charge is 0.309 e. The van der Waals surface area contributed by atoms with Crippen LogP contribution in [0.15, 0.2) is 17.1 Å². The Kier molecular flexibility index (Phi) is 5.64. The lowest BCUT2D eigenvalue weighted by atomic mass is 10.1. The third-order valence-electron chi connectivity index (χ3n) is 1.67. The van der Waals surface area contributed by atoms with Gasteiger partial charge in [0.25, 0.3) is 0 Å². The van der Waals surface area contributed by atoms with Crippen molar-refractivity contribution < 1.29 is 0 Å². The topological polar surface area (TPSA) is 15.6 Å². The van der Waals surface area contributed by atoms with Crippen LogP contribution in [0.25, 0.3) is 0 Å². The second kappa shape index (κ2) is 5.95. The SMILES string of the molecule is CN=C(C)/C=C\C(C)CN(C)C. The van der Waals surface area contributed by atoms with Gasteiger partial charge in [-0.05, 0) is 33.0 Å². The summed E-state index contributed by atoms with van der Waals surface area (Å²) >= 11 is 0. The van der Waals surface area contributed by atoms with Gasteiger partial charge in [-0.2, -0.15) is 0 Å². The minimum absolute atomic E-state index is 0.594. The lowest BCUT2D eigenvalue weighted by Gasteiger charge is -2.12. The molecule has 2 nitrogen and oxygen atoms in total. The van der Waals surface area contributed by atoms with Crippen LogP contribution in [-0.2, 0) is 0 Å². The summed E-state index contributed by atoms with van der Waals surface area (Å²) in [5.74, 6) is 0.594. The van der Waals surface area contributed by atoms with Crippen molar-refractivity contribution in [1.29, 1.82) is 0 Å². The molecule has 2 heteroatoms. The van der Waals surface area contributed by atoms with E-state index in [0.29, 0.717) is 5.92 Å². The van der Waals surface area contributed by atoms with E-state index < -0.39 is 0 Å². The van der Waals surface area contributed by atoms with Crippen LogP contribution in [0.5, 0.6) is 0 Å². The van der Waals surface area contributed by atoms with E-state index in [1.54, 1.807) is 0 Å². The maximum atomic E-state index is 4.06. The van der Waals surface area contributed by atoms with E-state index in [1.165, 1.54) is 0 Å². The number of rotatable bonds is 4. The molecule has 0 bridgehead atoms. The maximum Gasteiger partial charge on any atom is 0.0310 e. The number of aliphatic imine (C=N–C) groups is 1. The molecule has 0 saturated carbocycles. The van der Waals surface area contributed by atoms with Gasteiger partial charge in [0.15, 0.2) is 0 Å². The van der Waals surface area contributed by atoms with E-state index in [9.17, 15) is 0 Å². The molecule has 0 aliphatic carbocycles. The van der Waals surface area contributed by atoms with Crippen LogP contribution in [0.4, 0.5) is 0 Å². The van der Waals surface area contributed by atoms with Crippen molar-refractivity contribution in [3.8, 4) is 0 Å². The third-order valence-corrected chi connectivity index (χ3v) is 1.67. The molecule has 70 valence electrons. The van der Waals surface area contributed by atoms with Crippen LogP contribution in [0, 0.1) is 5.92 Å². The van der Waals surface area contributed by atoms with Crippen LogP contribution >= 0.6 is 0 Å². The van der Waals surface area contributed by atoms with Crippen molar-refractivity contribution in [3.05, 3.63) is 12.2 Å². The van der Waals surface area contributed by atoms with Crippen molar-refractivity contribution in [3.63, 3.8) is 0 Å². The molecule has 0 saturated heterocycles. The first-order chi connectivity index (χ1) is 5.56. The maximum absolute atomic E-state index is 4.06. The molecule has 0 heterocycles. The molecule has 12 heavy (non-hydrogen) atoms. The monoisotopic (exact) mass is 168 g/mol. The van der Waals surface area contributed by atoms with Gasteiger partial charge in [-0.1, -0.05) is 13.0 Å². The van der Waals surface area contributed by atoms with E-state index >= 15 is 0 Å². The molecule has 0 fully saturated rings. The summed E-state index contributed by atoms with van der Waals surface area (Å²) in [6.07, 6.45) is 4.27. The highest BCUT2D eigenvalue weighted by Gasteiger charge is 1.97. The van der Waals surface area contributed by atoms with Gasteiger partial charge in [-0.3, -0.25) is 4.99 Å². The molecule has 0 aromatic heterocycles. The van der Waals surface area contributed by atoms with Crippen molar-refractivity contribution in [2.75, 3.05) is 27.7 Å². The predicted octanol–water partition coefficient (Wildman–Crippen LogP) is 1.83. The molecule has 0 aromatic carbocycles. The van der Waals surface area contributed by atoms with Crippen LogP contribution in [0.3, 0.4) is 0 Å². The van der Waals surface area contributed by atoms with E-state index in [0.717, 1.165) is 12.3 Å². The molecule has 0 rings (SSSR count). The van der Waals surface area contributed by atoms with Crippen LogP contribution in [-0.4, -0.2) is 38.3 Å². The molecule has 0 aromatic rings.